The number of benzene rings is 1. The summed E-state index contributed by atoms with van der Waals surface area (Å²) < 4.78 is 10.7. The first kappa shape index (κ1) is 14.9. The van der Waals surface area contributed by atoms with E-state index >= 15 is 0 Å². The second-order valence-corrected chi connectivity index (χ2v) is 6.21. The molecule has 0 saturated carbocycles. The highest BCUT2D eigenvalue weighted by molar-refractivity contribution is 8.14. The van der Waals surface area contributed by atoms with Crippen LogP contribution in [0.25, 0.3) is 6.08 Å². The molecule has 24 heavy (non-hydrogen) atoms. The summed E-state index contributed by atoms with van der Waals surface area (Å²) in [5.74, 6) is 2.00. The number of carbonyl (C=O) groups excluding carboxylic acids is 1. The Hall–Kier alpha value is -2.67. The van der Waals surface area contributed by atoms with E-state index in [-0.39, 0.29) is 5.91 Å². The number of anilines is 1. The minimum atomic E-state index is -0.117. The lowest BCUT2D eigenvalue weighted by atomic mass is 10.2. The van der Waals surface area contributed by atoms with E-state index in [0.29, 0.717) is 24.0 Å². The zero-order valence-corrected chi connectivity index (χ0v) is 13.8. The molecule has 0 spiro atoms. The molecule has 0 N–H and O–H groups in total. The van der Waals surface area contributed by atoms with Crippen molar-refractivity contribution in [1.82, 2.24) is 4.90 Å². The maximum atomic E-state index is 12.6. The monoisotopic (exact) mass is 341 g/mol. The predicted molar refractivity (Wildman–Crippen MR) is 93.8 cm³/mol. The normalized spacial score (nSPS) is 18.8. The molecule has 0 radical (unpaired) electrons. The first-order chi connectivity index (χ1) is 11.8. The highest BCUT2D eigenvalue weighted by Crippen LogP contribution is 2.34. The molecule has 0 aliphatic carbocycles. The number of ether oxygens (including phenoxy) is 1. The molecule has 1 saturated heterocycles. The van der Waals surface area contributed by atoms with Gasteiger partial charge in [-0.25, -0.2) is 4.99 Å². The number of rotatable bonds is 3. The van der Waals surface area contributed by atoms with Crippen molar-refractivity contribution in [1.29, 1.82) is 0 Å². The third-order valence-corrected chi connectivity index (χ3v) is 4.83. The predicted octanol–water partition coefficient (Wildman–Crippen LogP) is 3.00. The molecule has 2 aliphatic heterocycles. The van der Waals surface area contributed by atoms with Gasteiger partial charge in [-0.05, 0) is 24.3 Å². The van der Waals surface area contributed by atoms with Gasteiger partial charge < -0.3 is 14.1 Å². The lowest BCUT2D eigenvalue weighted by Gasteiger charge is -2.34. The first-order valence-electron chi connectivity index (χ1n) is 7.43. The number of hydrogen-bond acceptors (Lipinski definition) is 6. The minimum absolute atomic E-state index is 0.117. The molecule has 1 aromatic heterocycles. The molecule has 122 valence electrons. The summed E-state index contributed by atoms with van der Waals surface area (Å²) in [5, 5.41) is 0.726. The molecule has 7 heteroatoms. The summed E-state index contributed by atoms with van der Waals surface area (Å²) in [5.41, 5.74) is 1.36. The van der Waals surface area contributed by atoms with E-state index in [9.17, 15) is 4.79 Å². The van der Waals surface area contributed by atoms with Gasteiger partial charge in [-0.2, -0.15) is 0 Å². The van der Waals surface area contributed by atoms with Crippen LogP contribution in [-0.4, -0.2) is 35.6 Å². The first-order valence-corrected chi connectivity index (χ1v) is 8.41. The molecular weight excluding hydrogens is 326 g/mol. The van der Waals surface area contributed by atoms with E-state index in [0.717, 1.165) is 16.6 Å². The van der Waals surface area contributed by atoms with Gasteiger partial charge in [0.05, 0.1) is 24.9 Å². The quantitative estimate of drug-likeness (QED) is 0.803. The molecule has 1 amide bonds. The number of hydrogen-bond donors (Lipinski definition) is 0. The van der Waals surface area contributed by atoms with Crippen LogP contribution >= 0.6 is 11.8 Å². The Morgan fingerprint density at radius 3 is 2.96 bits per heavy atom. The fourth-order valence-electron chi connectivity index (χ4n) is 2.66. The van der Waals surface area contributed by atoms with Crippen LogP contribution in [-0.2, 0) is 4.79 Å². The molecule has 2 aromatic rings. The Balaban J connectivity index is 1.58. The molecule has 0 atom stereocenters. The number of para-hydroxylation sites is 2. The van der Waals surface area contributed by atoms with Crippen molar-refractivity contribution in [3.8, 4) is 5.75 Å². The van der Waals surface area contributed by atoms with Crippen LogP contribution < -0.4 is 9.64 Å². The van der Waals surface area contributed by atoms with Crippen LogP contribution in [0.1, 0.15) is 5.76 Å². The van der Waals surface area contributed by atoms with Gasteiger partial charge in [0, 0.05) is 6.08 Å². The molecule has 0 bridgehead atoms. The Labute approximate surface area is 143 Å². The molecule has 0 unspecified atom stereocenters. The van der Waals surface area contributed by atoms with Gasteiger partial charge in [-0.15, -0.1) is 0 Å². The lowest BCUT2D eigenvalue weighted by molar-refractivity contribution is -0.122. The molecule has 1 fully saturated rings. The number of nitrogens with zero attached hydrogens (tertiary/aromatic N) is 3. The standard InChI is InChI=1S/C17H15N3O3S/c1-22-15-7-3-2-6-14(15)19-10-20-16(21)13(18-17(20)24-11-19)9-12-5-4-8-23-12/h2-9H,10-11H2,1H3/b13-9-. The van der Waals surface area contributed by atoms with Gasteiger partial charge in [0.2, 0.25) is 0 Å². The number of fused-ring (bicyclic) bond motifs is 1. The Bertz CT molecular complexity index is 829. The molecule has 2 aliphatic rings. The maximum Gasteiger partial charge on any atom is 0.280 e. The van der Waals surface area contributed by atoms with Crippen LogP contribution in [0.4, 0.5) is 5.69 Å². The van der Waals surface area contributed by atoms with Gasteiger partial charge in [0.25, 0.3) is 5.91 Å². The molecule has 1 aromatic carbocycles. The van der Waals surface area contributed by atoms with E-state index in [1.54, 1.807) is 36.5 Å². The highest BCUT2D eigenvalue weighted by atomic mass is 32.2. The topological polar surface area (TPSA) is 58.3 Å². The van der Waals surface area contributed by atoms with E-state index < -0.39 is 0 Å². The summed E-state index contributed by atoms with van der Waals surface area (Å²) in [4.78, 5) is 20.8. The number of carbonyl (C=O) groups is 1. The van der Waals surface area contributed by atoms with Crippen molar-refractivity contribution < 1.29 is 13.9 Å². The summed E-state index contributed by atoms with van der Waals surface area (Å²) in [6, 6.07) is 11.4. The van der Waals surface area contributed by atoms with Crippen LogP contribution in [0.2, 0.25) is 0 Å². The smallest absolute Gasteiger partial charge is 0.280 e. The number of amides is 1. The van der Waals surface area contributed by atoms with Crippen molar-refractivity contribution >= 4 is 34.6 Å². The number of amidine groups is 1. The van der Waals surface area contributed by atoms with Gasteiger partial charge in [-0.3, -0.25) is 9.69 Å². The van der Waals surface area contributed by atoms with Crippen molar-refractivity contribution in [3.05, 3.63) is 54.1 Å². The fourth-order valence-corrected chi connectivity index (χ4v) is 3.61. The van der Waals surface area contributed by atoms with E-state index in [4.69, 9.17) is 9.15 Å². The Morgan fingerprint density at radius 1 is 1.29 bits per heavy atom. The zero-order chi connectivity index (χ0) is 16.5. The largest absolute Gasteiger partial charge is 0.495 e. The SMILES string of the molecule is COc1ccccc1N1CSC2=N/C(=C\c3ccco3)C(=O)N2C1. The lowest BCUT2D eigenvalue weighted by Crippen LogP contribution is -2.46. The van der Waals surface area contributed by atoms with E-state index in [1.807, 2.05) is 24.3 Å². The third-order valence-electron chi connectivity index (χ3n) is 3.82. The summed E-state index contributed by atoms with van der Waals surface area (Å²) in [6.07, 6.45) is 3.24. The molecule has 3 heterocycles. The number of aliphatic imine (C=N–C) groups is 1. The summed E-state index contributed by atoms with van der Waals surface area (Å²) in [6.45, 7) is 0.445. The van der Waals surface area contributed by atoms with E-state index in [2.05, 4.69) is 9.89 Å². The van der Waals surface area contributed by atoms with Crippen molar-refractivity contribution in [2.45, 2.75) is 0 Å². The van der Waals surface area contributed by atoms with Gasteiger partial charge in [0.15, 0.2) is 5.17 Å². The number of thioether (sulfide) groups is 1. The van der Waals surface area contributed by atoms with E-state index in [1.165, 1.54) is 11.8 Å². The number of methoxy groups -OCH3 is 1. The van der Waals surface area contributed by atoms with Crippen LogP contribution in [0.3, 0.4) is 0 Å². The fraction of sp³-hybridized carbons (Fsp3) is 0.176. The van der Waals surface area contributed by atoms with Crippen LogP contribution in [0, 0.1) is 0 Å². The minimum Gasteiger partial charge on any atom is -0.495 e. The van der Waals surface area contributed by atoms with Gasteiger partial charge >= 0.3 is 0 Å². The van der Waals surface area contributed by atoms with Crippen molar-refractivity contribution in [2.24, 2.45) is 4.99 Å². The van der Waals surface area contributed by atoms with Crippen molar-refractivity contribution in [3.63, 3.8) is 0 Å². The average Bonchev–Trinajstić information content (AvgIpc) is 3.24. The second-order valence-electron chi connectivity index (χ2n) is 5.30. The number of furan rings is 1. The van der Waals surface area contributed by atoms with Crippen LogP contribution in [0.15, 0.2) is 57.8 Å². The van der Waals surface area contributed by atoms with Crippen LogP contribution in [0.5, 0.6) is 5.75 Å². The highest BCUT2D eigenvalue weighted by Gasteiger charge is 2.36. The van der Waals surface area contributed by atoms with Gasteiger partial charge in [0.1, 0.15) is 23.9 Å². The Morgan fingerprint density at radius 2 is 2.17 bits per heavy atom. The third kappa shape index (κ3) is 2.56. The second kappa shape index (κ2) is 6.09. The molecule has 4 rings (SSSR count). The average molecular weight is 341 g/mol. The van der Waals surface area contributed by atoms with Crippen molar-refractivity contribution in [2.75, 3.05) is 24.6 Å². The Kier molecular flexibility index (Phi) is 3.78. The molecular formula is C17H15N3O3S. The zero-order valence-electron chi connectivity index (χ0n) is 13.0. The maximum absolute atomic E-state index is 12.6. The van der Waals surface area contributed by atoms with Gasteiger partial charge in [-0.1, -0.05) is 23.9 Å². The summed E-state index contributed by atoms with van der Waals surface area (Å²) >= 11 is 1.53. The molecule has 6 nitrogen and oxygen atoms in total. The summed E-state index contributed by atoms with van der Waals surface area (Å²) in [7, 11) is 1.65.